The molecule has 0 saturated heterocycles. The van der Waals surface area contributed by atoms with Crippen LogP contribution in [0.5, 0.6) is 0 Å². The van der Waals surface area contributed by atoms with Crippen LogP contribution in [0, 0.1) is 6.92 Å². The van der Waals surface area contributed by atoms with Crippen LogP contribution in [0.4, 0.5) is 0 Å². The Balaban J connectivity index is 2.48. The first-order chi connectivity index (χ1) is 8.22. The van der Waals surface area contributed by atoms with Gasteiger partial charge in [0.2, 0.25) is 0 Å². The molecule has 0 aliphatic rings. The van der Waals surface area contributed by atoms with Gasteiger partial charge in [-0.1, -0.05) is 54.1 Å². The van der Waals surface area contributed by atoms with E-state index in [1.807, 2.05) is 7.05 Å². The van der Waals surface area contributed by atoms with Crippen molar-refractivity contribution in [3.05, 3.63) is 59.7 Å². The average Bonchev–Trinajstić information content (AvgIpc) is 2.39. The Morgan fingerprint density at radius 1 is 0.941 bits per heavy atom. The summed E-state index contributed by atoms with van der Waals surface area (Å²) in [5.41, 5.74) is 5.24. The lowest BCUT2D eigenvalue weighted by Gasteiger charge is -2.16. The summed E-state index contributed by atoms with van der Waals surface area (Å²) in [6.07, 6.45) is 0. The van der Waals surface area contributed by atoms with Crippen molar-refractivity contribution in [2.45, 2.75) is 19.9 Å². The topological polar surface area (TPSA) is 12.0 Å². The molecular weight excluding hydrogens is 206 g/mol. The molecule has 1 atom stereocenters. The van der Waals surface area contributed by atoms with Gasteiger partial charge in [0.1, 0.15) is 0 Å². The summed E-state index contributed by atoms with van der Waals surface area (Å²) in [7, 11) is 2.00. The average molecular weight is 225 g/mol. The molecule has 88 valence electrons. The third kappa shape index (κ3) is 2.56. The Morgan fingerprint density at radius 2 is 1.59 bits per heavy atom. The van der Waals surface area contributed by atoms with Gasteiger partial charge in [0.25, 0.3) is 0 Å². The third-order valence-corrected chi connectivity index (χ3v) is 3.22. The zero-order valence-electron chi connectivity index (χ0n) is 10.7. The molecule has 0 aromatic heterocycles. The van der Waals surface area contributed by atoms with Crippen LogP contribution < -0.4 is 5.32 Å². The van der Waals surface area contributed by atoms with Crippen molar-refractivity contribution >= 4 is 0 Å². The highest BCUT2D eigenvalue weighted by molar-refractivity contribution is 5.68. The maximum atomic E-state index is 3.30. The SMILES string of the molecule is CNC(C)c1ccccc1-c1ccc(C)cc1. The zero-order chi connectivity index (χ0) is 12.3. The Hall–Kier alpha value is -1.60. The van der Waals surface area contributed by atoms with Crippen molar-refractivity contribution in [2.75, 3.05) is 7.05 Å². The summed E-state index contributed by atoms with van der Waals surface area (Å²) in [5, 5.41) is 3.30. The lowest BCUT2D eigenvalue weighted by molar-refractivity contribution is 0.654. The predicted molar refractivity (Wildman–Crippen MR) is 74.1 cm³/mol. The normalized spacial score (nSPS) is 12.4. The molecule has 1 nitrogen and oxygen atoms in total. The minimum Gasteiger partial charge on any atom is -0.313 e. The molecule has 0 spiro atoms. The molecule has 0 saturated carbocycles. The Kier molecular flexibility index (Phi) is 3.60. The van der Waals surface area contributed by atoms with Gasteiger partial charge < -0.3 is 5.32 Å². The molecule has 1 N–H and O–H groups in total. The Morgan fingerprint density at radius 3 is 2.24 bits per heavy atom. The van der Waals surface area contributed by atoms with E-state index in [1.54, 1.807) is 0 Å². The van der Waals surface area contributed by atoms with Gasteiger partial charge in [-0.2, -0.15) is 0 Å². The number of rotatable bonds is 3. The lowest BCUT2D eigenvalue weighted by Crippen LogP contribution is -2.13. The summed E-state index contributed by atoms with van der Waals surface area (Å²) in [4.78, 5) is 0. The fourth-order valence-electron chi connectivity index (χ4n) is 2.03. The molecule has 1 unspecified atom stereocenters. The largest absolute Gasteiger partial charge is 0.313 e. The number of benzene rings is 2. The molecule has 17 heavy (non-hydrogen) atoms. The molecule has 2 aromatic rings. The van der Waals surface area contributed by atoms with Crippen LogP contribution in [-0.2, 0) is 0 Å². The molecule has 0 fully saturated rings. The third-order valence-electron chi connectivity index (χ3n) is 3.22. The molecular formula is C16H19N. The first kappa shape index (κ1) is 11.9. The second-order valence-corrected chi connectivity index (χ2v) is 4.46. The van der Waals surface area contributed by atoms with Crippen LogP contribution in [0.2, 0.25) is 0 Å². The van der Waals surface area contributed by atoms with E-state index in [2.05, 4.69) is 67.7 Å². The number of hydrogen-bond acceptors (Lipinski definition) is 1. The second kappa shape index (κ2) is 5.15. The van der Waals surface area contributed by atoms with Gasteiger partial charge in [0.15, 0.2) is 0 Å². The fourth-order valence-corrected chi connectivity index (χ4v) is 2.03. The minimum absolute atomic E-state index is 0.368. The van der Waals surface area contributed by atoms with E-state index in [-0.39, 0.29) is 0 Å². The minimum atomic E-state index is 0.368. The van der Waals surface area contributed by atoms with Crippen LogP contribution in [0.15, 0.2) is 48.5 Å². The van der Waals surface area contributed by atoms with Gasteiger partial charge in [-0.3, -0.25) is 0 Å². The summed E-state index contributed by atoms with van der Waals surface area (Å²) in [6.45, 7) is 4.30. The highest BCUT2D eigenvalue weighted by Crippen LogP contribution is 2.28. The summed E-state index contributed by atoms with van der Waals surface area (Å²) < 4.78 is 0. The van der Waals surface area contributed by atoms with Crippen LogP contribution in [0.1, 0.15) is 24.1 Å². The molecule has 0 bridgehead atoms. The second-order valence-electron chi connectivity index (χ2n) is 4.46. The van der Waals surface area contributed by atoms with Crippen LogP contribution in [0.3, 0.4) is 0 Å². The van der Waals surface area contributed by atoms with Crippen molar-refractivity contribution in [1.29, 1.82) is 0 Å². The van der Waals surface area contributed by atoms with Gasteiger partial charge in [-0.25, -0.2) is 0 Å². The van der Waals surface area contributed by atoms with Gasteiger partial charge in [0, 0.05) is 6.04 Å². The molecule has 2 rings (SSSR count). The van der Waals surface area contributed by atoms with E-state index in [9.17, 15) is 0 Å². The highest BCUT2D eigenvalue weighted by Gasteiger charge is 2.09. The van der Waals surface area contributed by atoms with Gasteiger partial charge in [-0.15, -0.1) is 0 Å². The Labute approximate surface area is 103 Å². The maximum Gasteiger partial charge on any atom is 0.0295 e. The number of nitrogens with one attached hydrogen (secondary N) is 1. The van der Waals surface area contributed by atoms with Gasteiger partial charge >= 0.3 is 0 Å². The lowest BCUT2D eigenvalue weighted by atomic mass is 9.95. The van der Waals surface area contributed by atoms with Gasteiger partial charge in [-0.05, 0) is 37.6 Å². The van der Waals surface area contributed by atoms with Crippen molar-refractivity contribution in [3.63, 3.8) is 0 Å². The molecule has 1 heteroatoms. The first-order valence-electron chi connectivity index (χ1n) is 6.05. The van der Waals surface area contributed by atoms with E-state index >= 15 is 0 Å². The van der Waals surface area contributed by atoms with E-state index in [1.165, 1.54) is 22.3 Å². The molecule has 0 aliphatic carbocycles. The van der Waals surface area contributed by atoms with Crippen molar-refractivity contribution in [1.82, 2.24) is 5.32 Å². The standard InChI is InChI=1S/C16H19N/c1-12-8-10-14(11-9-12)16-7-5-4-6-15(16)13(2)17-3/h4-11,13,17H,1-3H3. The quantitative estimate of drug-likeness (QED) is 0.834. The van der Waals surface area contributed by atoms with E-state index in [0.717, 1.165) is 0 Å². The molecule has 0 radical (unpaired) electrons. The van der Waals surface area contributed by atoms with Crippen molar-refractivity contribution in [3.8, 4) is 11.1 Å². The fraction of sp³-hybridized carbons (Fsp3) is 0.250. The zero-order valence-corrected chi connectivity index (χ0v) is 10.7. The highest BCUT2D eigenvalue weighted by atomic mass is 14.9. The van der Waals surface area contributed by atoms with Crippen LogP contribution in [-0.4, -0.2) is 7.05 Å². The first-order valence-corrected chi connectivity index (χ1v) is 6.05. The van der Waals surface area contributed by atoms with E-state index < -0.39 is 0 Å². The molecule has 0 heterocycles. The van der Waals surface area contributed by atoms with Gasteiger partial charge in [0.05, 0.1) is 0 Å². The Bertz CT molecular complexity index is 485. The molecule has 0 aliphatic heterocycles. The smallest absolute Gasteiger partial charge is 0.0295 e. The van der Waals surface area contributed by atoms with Crippen LogP contribution >= 0.6 is 0 Å². The summed E-state index contributed by atoms with van der Waals surface area (Å²) in [6, 6.07) is 17.7. The van der Waals surface area contributed by atoms with Crippen molar-refractivity contribution < 1.29 is 0 Å². The molecule has 0 amide bonds. The van der Waals surface area contributed by atoms with Crippen LogP contribution in [0.25, 0.3) is 11.1 Å². The van der Waals surface area contributed by atoms with Crippen molar-refractivity contribution in [2.24, 2.45) is 0 Å². The van der Waals surface area contributed by atoms with E-state index in [0.29, 0.717) is 6.04 Å². The summed E-state index contributed by atoms with van der Waals surface area (Å²) >= 11 is 0. The molecule has 2 aromatic carbocycles. The van der Waals surface area contributed by atoms with E-state index in [4.69, 9.17) is 0 Å². The summed E-state index contributed by atoms with van der Waals surface area (Å²) in [5.74, 6) is 0. The monoisotopic (exact) mass is 225 g/mol. The predicted octanol–water partition coefficient (Wildman–Crippen LogP) is 3.94. The number of aryl methyl sites for hydroxylation is 1. The maximum absolute atomic E-state index is 3.30. The number of hydrogen-bond donors (Lipinski definition) is 1.